The molecule has 0 spiro atoms. The van der Waals surface area contributed by atoms with Gasteiger partial charge < -0.3 is 10.0 Å². The van der Waals surface area contributed by atoms with Gasteiger partial charge in [0.1, 0.15) is 0 Å². The fraction of sp³-hybridized carbons (Fsp3) is 0.600. The van der Waals surface area contributed by atoms with Crippen molar-refractivity contribution in [2.24, 2.45) is 5.92 Å². The SMILES string of the molecule is CC1(C)C(CCO)CCCN1c1cccc(Br)c1. The van der Waals surface area contributed by atoms with Crippen molar-refractivity contribution in [2.45, 2.75) is 38.6 Å². The van der Waals surface area contributed by atoms with Crippen molar-refractivity contribution in [3.63, 3.8) is 0 Å². The summed E-state index contributed by atoms with van der Waals surface area (Å²) in [5.41, 5.74) is 1.39. The minimum atomic E-state index is 0.113. The van der Waals surface area contributed by atoms with Gasteiger partial charge in [-0.25, -0.2) is 0 Å². The van der Waals surface area contributed by atoms with Gasteiger partial charge >= 0.3 is 0 Å². The van der Waals surface area contributed by atoms with E-state index in [-0.39, 0.29) is 5.54 Å². The topological polar surface area (TPSA) is 23.5 Å². The Morgan fingerprint density at radius 1 is 1.44 bits per heavy atom. The molecule has 1 heterocycles. The van der Waals surface area contributed by atoms with Gasteiger partial charge in [-0.05, 0) is 57.2 Å². The number of nitrogens with zero attached hydrogens (tertiary/aromatic N) is 1. The van der Waals surface area contributed by atoms with Gasteiger partial charge in [0.2, 0.25) is 0 Å². The fourth-order valence-electron chi connectivity index (χ4n) is 3.12. The first kappa shape index (κ1) is 13.9. The lowest BCUT2D eigenvalue weighted by Gasteiger charge is -2.49. The third kappa shape index (κ3) is 2.72. The van der Waals surface area contributed by atoms with E-state index in [1.807, 2.05) is 0 Å². The number of hydrogen-bond acceptors (Lipinski definition) is 2. The van der Waals surface area contributed by atoms with Crippen LogP contribution in [0.5, 0.6) is 0 Å². The van der Waals surface area contributed by atoms with Crippen LogP contribution in [-0.2, 0) is 0 Å². The van der Waals surface area contributed by atoms with E-state index in [1.165, 1.54) is 18.5 Å². The molecule has 2 nitrogen and oxygen atoms in total. The second-order valence-electron chi connectivity index (χ2n) is 5.64. The van der Waals surface area contributed by atoms with Gasteiger partial charge in [0.25, 0.3) is 0 Å². The van der Waals surface area contributed by atoms with Crippen molar-refractivity contribution in [1.29, 1.82) is 0 Å². The molecule has 100 valence electrons. The molecule has 1 aliphatic heterocycles. The molecule has 1 saturated heterocycles. The first-order valence-electron chi connectivity index (χ1n) is 6.70. The molecule has 1 unspecified atom stereocenters. The third-order valence-electron chi connectivity index (χ3n) is 4.23. The second-order valence-corrected chi connectivity index (χ2v) is 6.55. The molecule has 0 aromatic heterocycles. The maximum atomic E-state index is 9.23. The quantitative estimate of drug-likeness (QED) is 0.917. The zero-order valence-electron chi connectivity index (χ0n) is 11.2. The molecular weight excluding hydrogens is 290 g/mol. The van der Waals surface area contributed by atoms with Gasteiger partial charge in [-0.2, -0.15) is 0 Å². The Morgan fingerprint density at radius 3 is 2.89 bits per heavy atom. The maximum absolute atomic E-state index is 9.23. The Kier molecular flexibility index (Phi) is 4.33. The van der Waals surface area contributed by atoms with Crippen LogP contribution < -0.4 is 4.90 Å². The van der Waals surface area contributed by atoms with Crippen LogP contribution in [0.25, 0.3) is 0 Å². The van der Waals surface area contributed by atoms with Gasteiger partial charge in [0.15, 0.2) is 0 Å². The van der Waals surface area contributed by atoms with E-state index in [9.17, 15) is 5.11 Å². The van der Waals surface area contributed by atoms with E-state index in [1.54, 1.807) is 0 Å². The van der Waals surface area contributed by atoms with Gasteiger partial charge in [-0.15, -0.1) is 0 Å². The van der Waals surface area contributed by atoms with E-state index in [0.717, 1.165) is 17.4 Å². The Labute approximate surface area is 118 Å². The molecule has 1 aliphatic rings. The van der Waals surface area contributed by atoms with Crippen LogP contribution in [0, 0.1) is 5.92 Å². The molecule has 1 aromatic rings. The second kappa shape index (κ2) is 5.62. The van der Waals surface area contributed by atoms with Crippen LogP contribution in [0.15, 0.2) is 28.7 Å². The largest absolute Gasteiger partial charge is 0.396 e. The Morgan fingerprint density at radius 2 is 2.22 bits per heavy atom. The van der Waals surface area contributed by atoms with E-state index >= 15 is 0 Å². The molecule has 0 amide bonds. The Bertz CT molecular complexity index is 403. The molecule has 0 radical (unpaired) electrons. The molecule has 1 fully saturated rings. The van der Waals surface area contributed by atoms with Gasteiger partial charge in [0.05, 0.1) is 0 Å². The van der Waals surface area contributed by atoms with Crippen molar-refractivity contribution >= 4 is 21.6 Å². The summed E-state index contributed by atoms with van der Waals surface area (Å²) in [7, 11) is 0. The maximum Gasteiger partial charge on any atom is 0.0434 e. The highest BCUT2D eigenvalue weighted by atomic mass is 79.9. The molecule has 1 N–H and O–H groups in total. The molecule has 0 aliphatic carbocycles. The molecule has 18 heavy (non-hydrogen) atoms. The van der Waals surface area contributed by atoms with Gasteiger partial charge in [0, 0.05) is 28.9 Å². The third-order valence-corrected chi connectivity index (χ3v) is 4.72. The summed E-state index contributed by atoms with van der Waals surface area (Å²) >= 11 is 3.55. The van der Waals surface area contributed by atoms with E-state index in [4.69, 9.17) is 0 Å². The highest BCUT2D eigenvalue weighted by Gasteiger charge is 2.38. The summed E-state index contributed by atoms with van der Waals surface area (Å²) in [5.74, 6) is 0.565. The lowest BCUT2D eigenvalue weighted by Crippen LogP contribution is -2.53. The summed E-state index contributed by atoms with van der Waals surface area (Å²) in [6, 6.07) is 8.51. The summed E-state index contributed by atoms with van der Waals surface area (Å²) in [5, 5.41) is 9.23. The minimum absolute atomic E-state index is 0.113. The number of anilines is 1. The number of halogens is 1. The molecule has 2 rings (SSSR count). The standard InChI is InChI=1S/C15H22BrNO/c1-15(2)12(8-10-18)5-4-9-17(15)14-7-3-6-13(16)11-14/h3,6-7,11-12,18H,4-5,8-10H2,1-2H3. The first-order chi connectivity index (χ1) is 8.55. The van der Waals surface area contributed by atoms with Crippen LogP contribution in [0.1, 0.15) is 33.1 Å². The zero-order valence-corrected chi connectivity index (χ0v) is 12.8. The van der Waals surface area contributed by atoms with Crippen LogP contribution >= 0.6 is 15.9 Å². The lowest BCUT2D eigenvalue weighted by atomic mass is 9.77. The van der Waals surface area contributed by atoms with Crippen LogP contribution in [0.4, 0.5) is 5.69 Å². The van der Waals surface area contributed by atoms with Crippen molar-refractivity contribution in [3.05, 3.63) is 28.7 Å². The average Bonchev–Trinajstić information content (AvgIpc) is 2.31. The molecular formula is C15H22BrNO. The molecule has 0 bridgehead atoms. The Hall–Kier alpha value is -0.540. The van der Waals surface area contributed by atoms with Crippen molar-refractivity contribution in [2.75, 3.05) is 18.1 Å². The van der Waals surface area contributed by atoms with Crippen molar-refractivity contribution in [3.8, 4) is 0 Å². The van der Waals surface area contributed by atoms with Crippen molar-refractivity contribution in [1.82, 2.24) is 0 Å². The van der Waals surface area contributed by atoms with E-state index in [2.05, 4.69) is 58.9 Å². The van der Waals surface area contributed by atoms with Crippen molar-refractivity contribution < 1.29 is 5.11 Å². The number of hydrogen-bond donors (Lipinski definition) is 1. The number of piperidine rings is 1. The number of aliphatic hydroxyl groups is 1. The Balaban J connectivity index is 2.26. The summed E-state index contributed by atoms with van der Waals surface area (Å²) in [6.45, 7) is 5.99. The summed E-state index contributed by atoms with van der Waals surface area (Å²) < 4.78 is 1.13. The monoisotopic (exact) mass is 311 g/mol. The van der Waals surface area contributed by atoms with Gasteiger partial charge in [-0.1, -0.05) is 22.0 Å². The predicted octanol–water partition coefficient (Wildman–Crippen LogP) is 3.83. The molecule has 1 atom stereocenters. The van der Waals surface area contributed by atoms with E-state index < -0.39 is 0 Å². The highest BCUT2D eigenvalue weighted by Crippen LogP contribution is 2.38. The smallest absolute Gasteiger partial charge is 0.0434 e. The molecule has 3 heteroatoms. The molecule has 1 aromatic carbocycles. The summed E-state index contributed by atoms with van der Waals surface area (Å²) in [4.78, 5) is 2.49. The van der Waals surface area contributed by atoms with Crippen LogP contribution in [-0.4, -0.2) is 23.8 Å². The normalized spacial score (nSPS) is 23.1. The van der Waals surface area contributed by atoms with E-state index in [0.29, 0.717) is 12.5 Å². The zero-order chi connectivity index (χ0) is 13.2. The highest BCUT2D eigenvalue weighted by molar-refractivity contribution is 9.10. The summed E-state index contributed by atoms with van der Waals surface area (Å²) in [6.07, 6.45) is 3.33. The fourth-order valence-corrected chi connectivity index (χ4v) is 3.50. The number of rotatable bonds is 3. The average molecular weight is 312 g/mol. The number of aliphatic hydroxyl groups excluding tert-OH is 1. The minimum Gasteiger partial charge on any atom is -0.396 e. The van der Waals surface area contributed by atoms with Crippen LogP contribution in [0.3, 0.4) is 0 Å². The predicted molar refractivity (Wildman–Crippen MR) is 80.0 cm³/mol. The number of benzene rings is 1. The lowest BCUT2D eigenvalue weighted by molar-refractivity contribution is 0.176. The first-order valence-corrected chi connectivity index (χ1v) is 7.49. The van der Waals surface area contributed by atoms with Gasteiger partial charge in [-0.3, -0.25) is 0 Å². The van der Waals surface area contributed by atoms with Crippen LogP contribution in [0.2, 0.25) is 0 Å². The molecule has 0 saturated carbocycles.